The van der Waals surface area contributed by atoms with Gasteiger partial charge in [-0.05, 0) is 79.3 Å². The van der Waals surface area contributed by atoms with Crippen LogP contribution in [0.1, 0.15) is 64.7 Å². The molecular formula is C26H23F6NO4. The number of aryl methyl sites for hydroxylation is 1. The van der Waals surface area contributed by atoms with Gasteiger partial charge in [0.1, 0.15) is 6.61 Å². The topological polar surface area (TPSA) is 83.5 Å². The van der Waals surface area contributed by atoms with Gasteiger partial charge in [0.15, 0.2) is 11.6 Å². The largest absolute Gasteiger partial charge is 0.416 e. The number of alkyl halides is 6. The van der Waals surface area contributed by atoms with Crippen molar-refractivity contribution < 1.29 is 45.8 Å². The monoisotopic (exact) mass is 527 g/mol. The first-order valence-corrected chi connectivity index (χ1v) is 11.4. The van der Waals surface area contributed by atoms with Gasteiger partial charge in [-0.15, -0.1) is 0 Å². The number of hydrogen-bond acceptors (Lipinski definition) is 4. The maximum absolute atomic E-state index is 13.1. The van der Waals surface area contributed by atoms with E-state index in [1.54, 1.807) is 6.07 Å². The Morgan fingerprint density at radius 1 is 0.892 bits per heavy atom. The van der Waals surface area contributed by atoms with Crippen molar-refractivity contribution in [3.63, 3.8) is 0 Å². The molecule has 37 heavy (non-hydrogen) atoms. The molecule has 0 bridgehead atoms. The maximum Gasteiger partial charge on any atom is 0.416 e. The van der Waals surface area contributed by atoms with Crippen molar-refractivity contribution in [2.45, 2.75) is 50.9 Å². The second kappa shape index (κ2) is 11.3. The van der Waals surface area contributed by atoms with Crippen LogP contribution in [0.4, 0.5) is 32.0 Å². The number of ketones is 2. The molecule has 0 radical (unpaired) electrons. The van der Waals surface area contributed by atoms with Crippen LogP contribution in [0.15, 0.2) is 42.0 Å². The van der Waals surface area contributed by atoms with Gasteiger partial charge in [0.2, 0.25) is 5.91 Å². The minimum absolute atomic E-state index is 0.0322. The molecule has 0 aliphatic heterocycles. The van der Waals surface area contributed by atoms with Gasteiger partial charge >= 0.3 is 12.4 Å². The summed E-state index contributed by atoms with van der Waals surface area (Å²) in [5.41, 5.74) is -1.94. The van der Waals surface area contributed by atoms with E-state index in [1.807, 2.05) is 0 Å². The van der Waals surface area contributed by atoms with Crippen LogP contribution in [-0.4, -0.2) is 29.2 Å². The van der Waals surface area contributed by atoms with E-state index in [2.05, 4.69) is 5.32 Å². The van der Waals surface area contributed by atoms with E-state index < -0.39 is 35.9 Å². The first kappa shape index (κ1) is 28.1. The number of nitrogens with one attached hydrogen (secondary N) is 1. The van der Waals surface area contributed by atoms with Crippen LogP contribution >= 0.6 is 0 Å². The summed E-state index contributed by atoms with van der Waals surface area (Å²) in [6.45, 7) is -0.536. The molecule has 5 nitrogen and oxygen atoms in total. The molecule has 2 N–H and O–H groups in total. The molecule has 1 amide bonds. The zero-order valence-electron chi connectivity index (χ0n) is 19.4. The van der Waals surface area contributed by atoms with Gasteiger partial charge in [-0.25, -0.2) is 0 Å². The van der Waals surface area contributed by atoms with E-state index in [9.17, 15) is 40.7 Å². The van der Waals surface area contributed by atoms with E-state index in [1.165, 1.54) is 12.1 Å². The van der Waals surface area contributed by atoms with Crippen molar-refractivity contribution >= 4 is 29.2 Å². The molecule has 0 saturated carbocycles. The molecule has 1 aliphatic carbocycles. The fourth-order valence-electron chi connectivity index (χ4n) is 3.97. The van der Waals surface area contributed by atoms with Crippen LogP contribution in [0.2, 0.25) is 0 Å². The summed E-state index contributed by atoms with van der Waals surface area (Å²) in [5, 5.41) is 11.4. The number of rotatable bonds is 8. The number of fused-ring (bicyclic) bond motifs is 1. The molecule has 2 aromatic rings. The summed E-state index contributed by atoms with van der Waals surface area (Å²) in [5.74, 6) is -1.12. The van der Waals surface area contributed by atoms with Gasteiger partial charge < -0.3 is 10.4 Å². The highest BCUT2D eigenvalue weighted by Crippen LogP contribution is 2.37. The van der Waals surface area contributed by atoms with Crippen LogP contribution < -0.4 is 5.32 Å². The normalized spacial score (nSPS) is 15.0. The molecule has 0 fully saturated rings. The van der Waals surface area contributed by atoms with E-state index >= 15 is 0 Å². The second-order valence-electron chi connectivity index (χ2n) is 8.66. The second-order valence-corrected chi connectivity index (χ2v) is 8.66. The van der Waals surface area contributed by atoms with Gasteiger partial charge in [0.05, 0.1) is 11.1 Å². The zero-order chi connectivity index (χ0) is 27.4. The Hall–Kier alpha value is -3.47. The summed E-state index contributed by atoms with van der Waals surface area (Å²) in [6, 6.07) is 5.72. The highest BCUT2D eigenvalue weighted by Gasteiger charge is 2.37. The predicted molar refractivity (Wildman–Crippen MR) is 123 cm³/mol. The van der Waals surface area contributed by atoms with Crippen molar-refractivity contribution in [3.8, 4) is 0 Å². The van der Waals surface area contributed by atoms with Gasteiger partial charge in [-0.1, -0.05) is 0 Å². The number of carbonyl (C=O) groups is 3. The van der Waals surface area contributed by atoms with Gasteiger partial charge in [0, 0.05) is 29.7 Å². The zero-order valence-corrected chi connectivity index (χ0v) is 19.4. The summed E-state index contributed by atoms with van der Waals surface area (Å²) in [7, 11) is 0. The highest BCUT2D eigenvalue weighted by atomic mass is 19.4. The first-order chi connectivity index (χ1) is 17.3. The number of benzene rings is 2. The number of aliphatic hydroxyl groups is 1. The third-order valence-corrected chi connectivity index (χ3v) is 5.83. The quantitative estimate of drug-likeness (QED) is 0.251. The van der Waals surface area contributed by atoms with E-state index in [-0.39, 0.29) is 53.7 Å². The van der Waals surface area contributed by atoms with Crippen molar-refractivity contribution in [3.05, 3.63) is 69.8 Å². The molecule has 11 heteroatoms. The van der Waals surface area contributed by atoms with Gasteiger partial charge in [-0.2, -0.15) is 26.3 Å². The Morgan fingerprint density at radius 2 is 1.51 bits per heavy atom. The van der Waals surface area contributed by atoms with Crippen LogP contribution in [0, 0.1) is 0 Å². The van der Waals surface area contributed by atoms with Crippen LogP contribution in [0.5, 0.6) is 0 Å². The number of amides is 1. The lowest BCUT2D eigenvalue weighted by Gasteiger charge is -2.19. The van der Waals surface area contributed by atoms with Gasteiger partial charge in [-0.3, -0.25) is 14.4 Å². The third-order valence-electron chi connectivity index (χ3n) is 5.83. The minimum atomic E-state index is -4.99. The predicted octanol–water partition coefficient (Wildman–Crippen LogP) is 6.00. The number of allylic oxidation sites excluding steroid dienone is 1. The van der Waals surface area contributed by atoms with E-state index in [0.717, 1.165) is 6.08 Å². The molecule has 0 unspecified atom stereocenters. The fraction of sp³-hybridized carbons (Fsp3) is 0.346. The summed E-state index contributed by atoms with van der Waals surface area (Å²) < 4.78 is 78.9. The Bertz CT molecular complexity index is 1200. The number of carbonyl (C=O) groups excluding carboxylic acids is 3. The van der Waals surface area contributed by atoms with E-state index in [4.69, 9.17) is 5.11 Å². The number of Topliss-reactive ketones (excluding diaryl/α,β-unsaturated/α-hetero) is 2. The van der Waals surface area contributed by atoms with Crippen molar-refractivity contribution in [1.29, 1.82) is 0 Å². The molecule has 0 saturated heterocycles. The van der Waals surface area contributed by atoms with Crippen LogP contribution in [0.25, 0.3) is 6.08 Å². The van der Waals surface area contributed by atoms with E-state index in [0.29, 0.717) is 42.6 Å². The molecule has 0 heterocycles. The summed E-state index contributed by atoms with van der Waals surface area (Å²) in [6.07, 6.45) is -7.31. The lowest BCUT2D eigenvalue weighted by molar-refractivity contribution is -0.143. The lowest BCUT2D eigenvalue weighted by atomic mass is 9.85. The number of anilines is 1. The summed E-state index contributed by atoms with van der Waals surface area (Å²) in [4.78, 5) is 36.1. The fourth-order valence-corrected chi connectivity index (χ4v) is 3.97. The molecule has 198 valence electrons. The lowest BCUT2D eigenvalue weighted by Crippen LogP contribution is -2.16. The Morgan fingerprint density at radius 3 is 2.11 bits per heavy atom. The average molecular weight is 527 g/mol. The Kier molecular flexibility index (Phi) is 8.57. The average Bonchev–Trinajstić information content (AvgIpc) is 2.82. The SMILES string of the molecule is O=C(CO)CCCCC(=O)Nc1ccc2c(c1)CC/C(=C\c1cc(C(F)(F)F)cc(C(F)(F)F)c1)C2=O. The minimum Gasteiger partial charge on any atom is -0.389 e. The molecule has 1 aliphatic rings. The Labute approximate surface area is 208 Å². The van der Waals surface area contributed by atoms with Crippen molar-refractivity contribution in [2.75, 3.05) is 11.9 Å². The first-order valence-electron chi connectivity index (χ1n) is 11.4. The smallest absolute Gasteiger partial charge is 0.389 e. The molecule has 0 aromatic heterocycles. The maximum atomic E-state index is 13.1. The number of halogens is 6. The number of aliphatic hydroxyl groups excluding tert-OH is 1. The standard InChI is InChI=1S/C26H23F6NO4/c27-25(28,29)18-10-15(11-19(13-18)26(30,31)32)9-17-6-5-16-12-20(7-8-22(16)24(17)37)33-23(36)4-2-1-3-21(35)14-34/h7-13,34H,1-6,14H2,(H,33,36)/b17-9+. The molecule has 3 rings (SSSR count). The van der Waals surface area contributed by atoms with Crippen molar-refractivity contribution in [2.24, 2.45) is 0 Å². The van der Waals surface area contributed by atoms with Crippen LogP contribution in [0.3, 0.4) is 0 Å². The Balaban J connectivity index is 1.75. The highest BCUT2D eigenvalue weighted by molar-refractivity contribution is 6.13. The summed E-state index contributed by atoms with van der Waals surface area (Å²) >= 11 is 0. The molecule has 0 spiro atoms. The molecule has 0 atom stereocenters. The van der Waals surface area contributed by atoms with Crippen molar-refractivity contribution in [1.82, 2.24) is 0 Å². The van der Waals surface area contributed by atoms with Gasteiger partial charge in [0.25, 0.3) is 0 Å². The third kappa shape index (κ3) is 7.51. The number of unbranched alkanes of at least 4 members (excludes halogenated alkanes) is 1. The molecule has 2 aromatic carbocycles. The number of hydrogen-bond donors (Lipinski definition) is 2. The van der Waals surface area contributed by atoms with Crippen LogP contribution in [-0.2, 0) is 28.4 Å². The molecular weight excluding hydrogens is 504 g/mol.